The van der Waals surface area contributed by atoms with Crippen LogP contribution in [0.5, 0.6) is 5.75 Å². The van der Waals surface area contributed by atoms with Crippen LogP contribution in [0.4, 0.5) is 0 Å². The summed E-state index contributed by atoms with van der Waals surface area (Å²) in [6, 6.07) is 6.40. The number of rotatable bonds is 3. The summed E-state index contributed by atoms with van der Waals surface area (Å²) in [6.45, 7) is 4.49. The Kier molecular flexibility index (Phi) is 4.34. The number of methoxy groups -OCH3 is 1. The summed E-state index contributed by atoms with van der Waals surface area (Å²) in [4.78, 5) is 2.59. The van der Waals surface area contributed by atoms with Gasteiger partial charge in [0, 0.05) is 31.7 Å². The molecule has 0 amide bonds. The molecule has 3 nitrogen and oxygen atoms in total. The minimum atomic E-state index is 0.405. The molecule has 1 aromatic carbocycles. The normalized spacial score (nSPS) is 22.3. The molecule has 1 aliphatic heterocycles. The topological polar surface area (TPSA) is 24.5 Å². The SMILES string of the molecule is COc1ccc(CN2CCNC3(CCCC3)C2)cc1Br. The molecule has 0 radical (unpaired) electrons. The number of nitrogens with one attached hydrogen (secondary N) is 1. The standard InChI is InChI=1S/C16H23BrN2O/c1-20-15-5-4-13(10-14(15)17)11-19-9-8-18-16(12-19)6-2-3-7-16/h4-5,10,18H,2-3,6-9,11-12H2,1H3. The van der Waals surface area contributed by atoms with E-state index in [0.717, 1.165) is 29.9 Å². The molecule has 1 aliphatic carbocycles. The van der Waals surface area contributed by atoms with Crippen molar-refractivity contribution in [2.45, 2.75) is 37.8 Å². The van der Waals surface area contributed by atoms with Gasteiger partial charge in [0.15, 0.2) is 0 Å². The highest BCUT2D eigenvalue weighted by Gasteiger charge is 2.37. The molecule has 1 spiro atoms. The molecular weight excluding hydrogens is 316 g/mol. The molecule has 2 aliphatic rings. The second kappa shape index (κ2) is 6.04. The Bertz CT molecular complexity index is 472. The Morgan fingerprint density at radius 1 is 1.35 bits per heavy atom. The van der Waals surface area contributed by atoms with Crippen LogP contribution in [0.25, 0.3) is 0 Å². The molecule has 0 unspecified atom stereocenters. The van der Waals surface area contributed by atoms with Crippen molar-refractivity contribution in [3.05, 3.63) is 28.2 Å². The molecule has 1 N–H and O–H groups in total. The Morgan fingerprint density at radius 3 is 2.85 bits per heavy atom. The minimum absolute atomic E-state index is 0.405. The fraction of sp³-hybridized carbons (Fsp3) is 0.625. The van der Waals surface area contributed by atoms with Crippen LogP contribution in [0.3, 0.4) is 0 Å². The first kappa shape index (κ1) is 14.4. The lowest BCUT2D eigenvalue weighted by molar-refractivity contribution is 0.129. The van der Waals surface area contributed by atoms with Gasteiger partial charge in [-0.2, -0.15) is 0 Å². The molecule has 0 bridgehead atoms. The summed E-state index contributed by atoms with van der Waals surface area (Å²) in [5, 5.41) is 3.77. The third kappa shape index (κ3) is 3.02. The fourth-order valence-corrected chi connectivity index (χ4v) is 4.22. The van der Waals surface area contributed by atoms with Gasteiger partial charge in [-0.05, 0) is 46.5 Å². The first-order valence-corrected chi connectivity index (χ1v) is 8.30. The van der Waals surface area contributed by atoms with Gasteiger partial charge >= 0.3 is 0 Å². The zero-order valence-electron chi connectivity index (χ0n) is 12.1. The van der Waals surface area contributed by atoms with Crippen molar-refractivity contribution in [3.63, 3.8) is 0 Å². The number of ether oxygens (including phenoxy) is 1. The van der Waals surface area contributed by atoms with Crippen molar-refractivity contribution in [2.75, 3.05) is 26.7 Å². The average molecular weight is 339 g/mol. The molecule has 20 heavy (non-hydrogen) atoms. The summed E-state index contributed by atoms with van der Waals surface area (Å²) < 4.78 is 6.34. The number of nitrogens with zero attached hydrogens (tertiary/aromatic N) is 1. The first-order valence-electron chi connectivity index (χ1n) is 7.51. The summed E-state index contributed by atoms with van der Waals surface area (Å²) >= 11 is 3.58. The maximum atomic E-state index is 5.30. The summed E-state index contributed by atoms with van der Waals surface area (Å²) in [6.07, 6.45) is 5.45. The fourth-order valence-electron chi connectivity index (χ4n) is 3.63. The second-order valence-corrected chi connectivity index (χ2v) is 6.95. The maximum absolute atomic E-state index is 5.30. The largest absolute Gasteiger partial charge is 0.496 e. The van der Waals surface area contributed by atoms with Gasteiger partial charge in [-0.1, -0.05) is 18.9 Å². The van der Waals surface area contributed by atoms with Crippen molar-refractivity contribution < 1.29 is 4.74 Å². The Hall–Kier alpha value is -0.580. The number of hydrogen-bond acceptors (Lipinski definition) is 3. The van der Waals surface area contributed by atoms with Gasteiger partial charge in [-0.3, -0.25) is 4.90 Å². The van der Waals surface area contributed by atoms with Crippen LogP contribution in [0.1, 0.15) is 31.2 Å². The molecule has 2 fully saturated rings. The van der Waals surface area contributed by atoms with E-state index in [0.29, 0.717) is 5.54 Å². The van der Waals surface area contributed by atoms with Crippen molar-refractivity contribution in [1.82, 2.24) is 10.2 Å². The first-order chi connectivity index (χ1) is 9.71. The summed E-state index contributed by atoms with van der Waals surface area (Å²) in [5.41, 5.74) is 1.76. The van der Waals surface area contributed by atoms with E-state index < -0.39 is 0 Å². The van der Waals surface area contributed by atoms with E-state index in [1.807, 2.05) is 6.07 Å². The molecule has 1 heterocycles. The van der Waals surface area contributed by atoms with Crippen LogP contribution in [-0.4, -0.2) is 37.2 Å². The van der Waals surface area contributed by atoms with Crippen LogP contribution < -0.4 is 10.1 Å². The lowest BCUT2D eigenvalue weighted by atomic mass is 9.94. The third-order valence-electron chi connectivity index (χ3n) is 4.64. The van der Waals surface area contributed by atoms with Crippen LogP contribution in [0.2, 0.25) is 0 Å². The van der Waals surface area contributed by atoms with Gasteiger partial charge in [0.1, 0.15) is 5.75 Å². The predicted molar refractivity (Wildman–Crippen MR) is 85.2 cm³/mol. The van der Waals surface area contributed by atoms with Gasteiger partial charge in [0.05, 0.1) is 11.6 Å². The van der Waals surface area contributed by atoms with E-state index in [-0.39, 0.29) is 0 Å². The molecule has 0 aromatic heterocycles. The Morgan fingerprint density at radius 2 is 2.15 bits per heavy atom. The minimum Gasteiger partial charge on any atom is -0.496 e. The van der Waals surface area contributed by atoms with Gasteiger partial charge in [0.2, 0.25) is 0 Å². The van der Waals surface area contributed by atoms with Crippen LogP contribution >= 0.6 is 15.9 Å². The second-order valence-electron chi connectivity index (χ2n) is 6.09. The predicted octanol–water partition coefficient (Wildman–Crippen LogP) is 3.18. The number of hydrogen-bond donors (Lipinski definition) is 1. The van der Waals surface area contributed by atoms with E-state index >= 15 is 0 Å². The van der Waals surface area contributed by atoms with Gasteiger partial charge < -0.3 is 10.1 Å². The zero-order chi connectivity index (χ0) is 14.0. The van der Waals surface area contributed by atoms with E-state index in [1.54, 1.807) is 7.11 Å². The maximum Gasteiger partial charge on any atom is 0.133 e. The highest BCUT2D eigenvalue weighted by atomic mass is 79.9. The van der Waals surface area contributed by atoms with E-state index in [4.69, 9.17) is 4.74 Å². The smallest absolute Gasteiger partial charge is 0.133 e. The van der Waals surface area contributed by atoms with Gasteiger partial charge in [-0.25, -0.2) is 0 Å². The van der Waals surface area contributed by atoms with Crippen LogP contribution in [-0.2, 0) is 6.54 Å². The number of piperazine rings is 1. The quantitative estimate of drug-likeness (QED) is 0.915. The molecule has 4 heteroatoms. The van der Waals surface area contributed by atoms with E-state index in [1.165, 1.54) is 37.8 Å². The Balaban J connectivity index is 1.66. The highest BCUT2D eigenvalue weighted by molar-refractivity contribution is 9.10. The molecule has 0 atom stereocenters. The van der Waals surface area contributed by atoms with Crippen LogP contribution in [0.15, 0.2) is 22.7 Å². The molecular formula is C16H23BrN2O. The van der Waals surface area contributed by atoms with E-state index in [9.17, 15) is 0 Å². The molecule has 110 valence electrons. The van der Waals surface area contributed by atoms with Crippen molar-refractivity contribution in [3.8, 4) is 5.75 Å². The van der Waals surface area contributed by atoms with Crippen molar-refractivity contribution in [1.29, 1.82) is 0 Å². The number of benzene rings is 1. The van der Waals surface area contributed by atoms with E-state index in [2.05, 4.69) is 38.3 Å². The van der Waals surface area contributed by atoms with Gasteiger partial charge in [-0.15, -0.1) is 0 Å². The number of halogens is 1. The molecule has 1 aromatic rings. The molecule has 1 saturated heterocycles. The summed E-state index contributed by atoms with van der Waals surface area (Å²) in [7, 11) is 1.71. The van der Waals surface area contributed by atoms with Crippen molar-refractivity contribution in [2.24, 2.45) is 0 Å². The highest BCUT2D eigenvalue weighted by Crippen LogP contribution is 2.33. The molecule has 1 saturated carbocycles. The van der Waals surface area contributed by atoms with Crippen molar-refractivity contribution >= 4 is 15.9 Å². The Labute approximate surface area is 129 Å². The zero-order valence-corrected chi connectivity index (χ0v) is 13.7. The molecule has 3 rings (SSSR count). The van der Waals surface area contributed by atoms with Crippen LogP contribution in [0, 0.1) is 0 Å². The lowest BCUT2D eigenvalue weighted by Gasteiger charge is -2.41. The summed E-state index contributed by atoms with van der Waals surface area (Å²) in [5.74, 6) is 0.904. The monoisotopic (exact) mass is 338 g/mol. The third-order valence-corrected chi connectivity index (χ3v) is 5.26. The average Bonchev–Trinajstić information content (AvgIpc) is 2.87. The lowest BCUT2D eigenvalue weighted by Crippen LogP contribution is -2.58. The van der Waals surface area contributed by atoms with Gasteiger partial charge in [0.25, 0.3) is 0 Å².